The zero-order valence-electron chi connectivity index (χ0n) is 9.87. The van der Waals surface area contributed by atoms with Crippen molar-refractivity contribution in [1.82, 2.24) is 10.2 Å². The highest BCUT2D eigenvalue weighted by Gasteiger charge is 2.44. The summed E-state index contributed by atoms with van der Waals surface area (Å²) in [4.78, 5) is 25.3. The number of amides is 2. The maximum Gasteiger partial charge on any atom is 0.243 e. The summed E-state index contributed by atoms with van der Waals surface area (Å²) in [5.74, 6) is -0.267. The first-order valence-corrected chi connectivity index (χ1v) is 6.15. The smallest absolute Gasteiger partial charge is 0.243 e. The molecule has 0 unspecified atom stereocenters. The first kappa shape index (κ1) is 11.9. The summed E-state index contributed by atoms with van der Waals surface area (Å²) in [7, 11) is 0. The Morgan fingerprint density at radius 1 is 1.35 bits per heavy atom. The van der Waals surface area contributed by atoms with E-state index in [-0.39, 0.29) is 18.4 Å². The van der Waals surface area contributed by atoms with E-state index in [4.69, 9.17) is 0 Å². The second-order valence-electron chi connectivity index (χ2n) is 4.83. The molecule has 5 nitrogen and oxygen atoms in total. The molecule has 0 aromatic rings. The maximum atomic E-state index is 12.4. The molecule has 0 bridgehead atoms. The van der Waals surface area contributed by atoms with Crippen LogP contribution in [-0.4, -0.2) is 36.3 Å². The van der Waals surface area contributed by atoms with E-state index in [9.17, 15) is 14.9 Å². The Kier molecular flexibility index (Phi) is 3.32. The fraction of sp³-hybridized carbons (Fsp3) is 0.750. The van der Waals surface area contributed by atoms with Crippen LogP contribution in [0.25, 0.3) is 0 Å². The lowest BCUT2D eigenvalue weighted by Crippen LogP contribution is -2.45. The van der Waals surface area contributed by atoms with E-state index >= 15 is 0 Å². The SMILES string of the molecule is N#CC1(C(=O)N2CCCNC(=O)C2)CCCC1. The molecular formula is C12H17N3O2. The molecule has 1 aliphatic heterocycles. The fourth-order valence-corrected chi connectivity index (χ4v) is 2.63. The Balaban J connectivity index is 2.12. The van der Waals surface area contributed by atoms with Gasteiger partial charge in [-0.25, -0.2) is 0 Å². The van der Waals surface area contributed by atoms with E-state index in [2.05, 4.69) is 11.4 Å². The molecule has 0 atom stereocenters. The van der Waals surface area contributed by atoms with Crippen molar-refractivity contribution in [2.75, 3.05) is 19.6 Å². The number of nitriles is 1. The molecule has 1 saturated carbocycles. The number of nitrogens with zero attached hydrogens (tertiary/aromatic N) is 2. The van der Waals surface area contributed by atoms with Gasteiger partial charge < -0.3 is 10.2 Å². The summed E-state index contributed by atoms with van der Waals surface area (Å²) in [5, 5.41) is 12.0. The predicted octanol–water partition coefficient (Wildman–Crippen LogP) is 0.419. The van der Waals surface area contributed by atoms with Gasteiger partial charge in [0.05, 0.1) is 12.6 Å². The number of carbonyl (C=O) groups excluding carboxylic acids is 2. The van der Waals surface area contributed by atoms with Gasteiger partial charge in [-0.1, -0.05) is 12.8 Å². The molecule has 0 aromatic carbocycles. The minimum absolute atomic E-state index is 0.0995. The first-order valence-electron chi connectivity index (χ1n) is 6.15. The average molecular weight is 235 g/mol. The van der Waals surface area contributed by atoms with Crippen LogP contribution in [0.3, 0.4) is 0 Å². The van der Waals surface area contributed by atoms with Crippen molar-refractivity contribution < 1.29 is 9.59 Å². The van der Waals surface area contributed by atoms with Crippen molar-refractivity contribution in [3.05, 3.63) is 0 Å². The van der Waals surface area contributed by atoms with Crippen LogP contribution < -0.4 is 5.32 Å². The highest BCUT2D eigenvalue weighted by molar-refractivity contribution is 5.90. The van der Waals surface area contributed by atoms with Gasteiger partial charge in [-0.3, -0.25) is 9.59 Å². The summed E-state index contributed by atoms with van der Waals surface area (Å²) in [6.07, 6.45) is 3.90. The molecule has 0 aromatic heterocycles. The topological polar surface area (TPSA) is 73.2 Å². The van der Waals surface area contributed by atoms with E-state index in [0.29, 0.717) is 25.9 Å². The Labute approximate surface area is 101 Å². The van der Waals surface area contributed by atoms with Crippen molar-refractivity contribution >= 4 is 11.8 Å². The molecule has 17 heavy (non-hydrogen) atoms. The second kappa shape index (κ2) is 4.74. The summed E-state index contributed by atoms with van der Waals surface area (Å²) >= 11 is 0. The maximum absolute atomic E-state index is 12.4. The van der Waals surface area contributed by atoms with Gasteiger partial charge in [-0.2, -0.15) is 5.26 Å². The largest absolute Gasteiger partial charge is 0.354 e. The van der Waals surface area contributed by atoms with Gasteiger partial charge in [-0.15, -0.1) is 0 Å². The van der Waals surface area contributed by atoms with Gasteiger partial charge in [0.25, 0.3) is 0 Å². The van der Waals surface area contributed by atoms with Crippen LogP contribution in [0.15, 0.2) is 0 Å². The molecule has 2 fully saturated rings. The number of carbonyl (C=O) groups is 2. The molecule has 92 valence electrons. The molecule has 2 rings (SSSR count). The van der Waals surface area contributed by atoms with Crippen molar-refractivity contribution in [2.45, 2.75) is 32.1 Å². The molecule has 2 aliphatic rings. The normalized spacial score (nSPS) is 23.7. The third kappa shape index (κ3) is 2.26. The van der Waals surface area contributed by atoms with Crippen LogP contribution in [0.1, 0.15) is 32.1 Å². The minimum atomic E-state index is -0.857. The van der Waals surface area contributed by atoms with Crippen LogP contribution in [0.2, 0.25) is 0 Å². The predicted molar refractivity (Wildman–Crippen MR) is 60.7 cm³/mol. The van der Waals surface area contributed by atoms with Gasteiger partial charge in [0.15, 0.2) is 0 Å². The van der Waals surface area contributed by atoms with Crippen molar-refractivity contribution in [3.63, 3.8) is 0 Å². The summed E-state index contributed by atoms with van der Waals surface area (Å²) in [6.45, 7) is 1.28. The van der Waals surface area contributed by atoms with Crippen LogP contribution in [-0.2, 0) is 9.59 Å². The zero-order valence-corrected chi connectivity index (χ0v) is 9.87. The Hall–Kier alpha value is -1.57. The number of hydrogen-bond acceptors (Lipinski definition) is 3. The number of hydrogen-bond donors (Lipinski definition) is 1. The standard InChI is InChI=1S/C12H17N3O2/c13-9-12(4-1-2-5-12)11(17)15-7-3-6-14-10(16)8-15/h1-8H2,(H,14,16). The Bertz CT molecular complexity index is 366. The number of nitrogens with one attached hydrogen (secondary N) is 1. The van der Waals surface area contributed by atoms with Crippen molar-refractivity contribution in [2.24, 2.45) is 5.41 Å². The van der Waals surface area contributed by atoms with E-state index < -0.39 is 5.41 Å². The second-order valence-corrected chi connectivity index (χ2v) is 4.83. The van der Waals surface area contributed by atoms with Gasteiger partial charge in [-0.05, 0) is 19.3 Å². The van der Waals surface area contributed by atoms with Crippen molar-refractivity contribution in [3.8, 4) is 6.07 Å². The molecule has 1 heterocycles. The lowest BCUT2D eigenvalue weighted by molar-refractivity contribution is -0.141. The quantitative estimate of drug-likeness (QED) is 0.715. The average Bonchev–Trinajstić information content (AvgIpc) is 2.72. The van der Waals surface area contributed by atoms with E-state index in [1.165, 1.54) is 0 Å². The molecule has 5 heteroatoms. The van der Waals surface area contributed by atoms with Crippen LogP contribution in [0, 0.1) is 16.7 Å². The van der Waals surface area contributed by atoms with Gasteiger partial charge in [0.2, 0.25) is 11.8 Å². The van der Waals surface area contributed by atoms with Crippen molar-refractivity contribution in [1.29, 1.82) is 5.26 Å². The Morgan fingerprint density at radius 3 is 2.71 bits per heavy atom. The first-order chi connectivity index (χ1) is 8.18. The summed E-state index contributed by atoms with van der Waals surface area (Å²) < 4.78 is 0. The highest BCUT2D eigenvalue weighted by Crippen LogP contribution is 2.39. The fourth-order valence-electron chi connectivity index (χ4n) is 2.63. The van der Waals surface area contributed by atoms with Gasteiger partial charge >= 0.3 is 0 Å². The van der Waals surface area contributed by atoms with Crippen LogP contribution in [0.4, 0.5) is 0 Å². The third-order valence-corrected chi connectivity index (χ3v) is 3.63. The molecule has 2 amide bonds. The summed E-state index contributed by atoms with van der Waals surface area (Å²) in [5.41, 5.74) is -0.857. The van der Waals surface area contributed by atoms with Gasteiger partial charge in [0, 0.05) is 13.1 Å². The molecule has 0 radical (unpaired) electrons. The highest BCUT2D eigenvalue weighted by atomic mass is 16.2. The Morgan fingerprint density at radius 2 is 2.06 bits per heavy atom. The van der Waals surface area contributed by atoms with Gasteiger partial charge in [0.1, 0.15) is 5.41 Å². The van der Waals surface area contributed by atoms with Crippen LogP contribution in [0.5, 0.6) is 0 Å². The zero-order chi connectivity index (χ0) is 12.3. The van der Waals surface area contributed by atoms with Crippen LogP contribution >= 0.6 is 0 Å². The third-order valence-electron chi connectivity index (χ3n) is 3.63. The molecule has 1 N–H and O–H groups in total. The van der Waals surface area contributed by atoms with E-state index in [1.807, 2.05) is 0 Å². The van der Waals surface area contributed by atoms with E-state index in [1.54, 1.807) is 4.90 Å². The lowest BCUT2D eigenvalue weighted by Gasteiger charge is -2.27. The molecule has 1 aliphatic carbocycles. The minimum Gasteiger partial charge on any atom is -0.354 e. The van der Waals surface area contributed by atoms with E-state index in [0.717, 1.165) is 19.3 Å². The summed E-state index contributed by atoms with van der Waals surface area (Å²) in [6, 6.07) is 2.19. The molecule has 0 spiro atoms. The molecular weight excluding hydrogens is 218 g/mol. The lowest BCUT2D eigenvalue weighted by atomic mass is 9.86. The number of rotatable bonds is 1. The molecule has 1 saturated heterocycles. The monoisotopic (exact) mass is 235 g/mol.